The highest BCUT2D eigenvalue weighted by Gasteiger charge is 2.48. The number of furan rings is 1. The summed E-state index contributed by atoms with van der Waals surface area (Å²) in [6, 6.07) is 3.24. The Morgan fingerprint density at radius 3 is 2.60 bits per heavy atom. The van der Waals surface area contributed by atoms with Crippen molar-refractivity contribution in [1.82, 2.24) is 10.0 Å². The van der Waals surface area contributed by atoms with Crippen molar-refractivity contribution < 1.29 is 12.8 Å². The van der Waals surface area contributed by atoms with Gasteiger partial charge in [-0.2, -0.15) is 0 Å². The van der Waals surface area contributed by atoms with Gasteiger partial charge in [0.25, 0.3) is 10.0 Å². The van der Waals surface area contributed by atoms with Crippen LogP contribution in [-0.4, -0.2) is 21.0 Å². The van der Waals surface area contributed by atoms with E-state index in [1.165, 1.54) is 6.07 Å². The largest absolute Gasteiger partial charge is 0.447 e. The molecule has 1 aliphatic rings. The number of sulfonamides is 1. The van der Waals surface area contributed by atoms with E-state index in [-0.39, 0.29) is 16.5 Å². The van der Waals surface area contributed by atoms with Gasteiger partial charge < -0.3 is 9.73 Å². The molecule has 1 unspecified atom stereocenters. The Bertz CT molecular complexity index is 561. The minimum absolute atomic E-state index is 0.00143. The van der Waals surface area contributed by atoms with Crippen molar-refractivity contribution in [3.05, 3.63) is 17.9 Å². The van der Waals surface area contributed by atoms with Gasteiger partial charge in [0.1, 0.15) is 5.76 Å². The Hall–Kier alpha value is -0.850. The third-order valence-corrected chi connectivity index (χ3v) is 4.91. The summed E-state index contributed by atoms with van der Waals surface area (Å²) in [6.07, 6.45) is 0.871. The summed E-state index contributed by atoms with van der Waals surface area (Å²) in [4.78, 5) is 0. The molecule has 0 radical (unpaired) electrons. The summed E-state index contributed by atoms with van der Waals surface area (Å²) < 4.78 is 32.4. The molecule has 2 rings (SSSR count). The maximum Gasteiger partial charge on any atom is 0.274 e. The molecule has 2 N–H and O–H groups in total. The molecule has 1 aromatic heterocycles. The first-order valence-corrected chi connectivity index (χ1v) is 8.51. The van der Waals surface area contributed by atoms with Crippen LogP contribution in [0.5, 0.6) is 0 Å². The zero-order valence-electron chi connectivity index (χ0n) is 12.6. The van der Waals surface area contributed by atoms with Gasteiger partial charge in [0.2, 0.25) is 5.09 Å². The number of hydrogen-bond donors (Lipinski definition) is 2. The zero-order valence-corrected chi connectivity index (χ0v) is 13.4. The third kappa shape index (κ3) is 3.84. The van der Waals surface area contributed by atoms with Gasteiger partial charge in [0, 0.05) is 6.04 Å². The Balaban J connectivity index is 1.94. The van der Waals surface area contributed by atoms with E-state index in [1.54, 1.807) is 6.07 Å². The summed E-state index contributed by atoms with van der Waals surface area (Å²) in [5.41, 5.74) is 0.0569. The van der Waals surface area contributed by atoms with E-state index >= 15 is 0 Å². The fourth-order valence-electron chi connectivity index (χ4n) is 2.00. The number of nitrogens with one attached hydrogen (secondary N) is 2. The Morgan fingerprint density at radius 1 is 1.40 bits per heavy atom. The molecule has 114 valence electrons. The SMILES string of the molecule is CC(C)CNCc1ccc(S(=O)(=O)NC2CC2(C)C)o1. The van der Waals surface area contributed by atoms with Gasteiger partial charge >= 0.3 is 0 Å². The van der Waals surface area contributed by atoms with Gasteiger partial charge in [-0.3, -0.25) is 0 Å². The lowest BCUT2D eigenvalue weighted by Gasteiger charge is -2.06. The van der Waals surface area contributed by atoms with Crippen LogP contribution in [0.1, 0.15) is 39.9 Å². The van der Waals surface area contributed by atoms with Crippen LogP contribution < -0.4 is 10.0 Å². The second kappa shape index (κ2) is 5.50. The monoisotopic (exact) mass is 300 g/mol. The fourth-order valence-corrected chi connectivity index (χ4v) is 3.35. The van der Waals surface area contributed by atoms with E-state index in [0.29, 0.717) is 18.2 Å². The van der Waals surface area contributed by atoms with E-state index in [9.17, 15) is 8.42 Å². The summed E-state index contributed by atoms with van der Waals surface area (Å²) in [6.45, 7) is 9.74. The summed E-state index contributed by atoms with van der Waals surface area (Å²) in [5, 5.41) is 3.22. The van der Waals surface area contributed by atoms with Crippen molar-refractivity contribution in [1.29, 1.82) is 0 Å². The Labute approximate surface area is 121 Å². The van der Waals surface area contributed by atoms with Gasteiger partial charge in [-0.25, -0.2) is 13.1 Å². The number of rotatable bonds is 7. The highest BCUT2D eigenvalue weighted by Crippen LogP contribution is 2.45. The van der Waals surface area contributed by atoms with E-state index in [1.807, 2.05) is 13.8 Å². The molecular weight excluding hydrogens is 276 g/mol. The van der Waals surface area contributed by atoms with Crippen LogP contribution in [-0.2, 0) is 16.6 Å². The molecule has 1 aliphatic carbocycles. The van der Waals surface area contributed by atoms with Crippen LogP contribution in [0.25, 0.3) is 0 Å². The van der Waals surface area contributed by atoms with Crippen LogP contribution in [0.4, 0.5) is 0 Å². The molecule has 20 heavy (non-hydrogen) atoms. The highest BCUT2D eigenvalue weighted by molar-refractivity contribution is 7.89. The summed E-state index contributed by atoms with van der Waals surface area (Å²) in [5.74, 6) is 1.19. The molecule has 6 heteroatoms. The van der Waals surface area contributed by atoms with Crippen molar-refractivity contribution in [2.75, 3.05) is 6.54 Å². The van der Waals surface area contributed by atoms with E-state index in [0.717, 1.165) is 13.0 Å². The average Bonchev–Trinajstić information content (AvgIpc) is 2.76. The smallest absolute Gasteiger partial charge is 0.274 e. The molecule has 5 nitrogen and oxygen atoms in total. The molecule has 1 aromatic rings. The predicted molar refractivity (Wildman–Crippen MR) is 77.8 cm³/mol. The molecule has 0 bridgehead atoms. The second-order valence-electron chi connectivity index (χ2n) is 6.61. The first-order chi connectivity index (χ1) is 9.21. The first kappa shape index (κ1) is 15.5. The molecule has 0 saturated heterocycles. The minimum atomic E-state index is -3.53. The number of hydrogen-bond acceptors (Lipinski definition) is 4. The molecule has 0 aromatic carbocycles. The van der Waals surface area contributed by atoms with Gasteiger partial charge in [-0.1, -0.05) is 27.7 Å². The van der Waals surface area contributed by atoms with Crippen molar-refractivity contribution in [2.24, 2.45) is 11.3 Å². The predicted octanol–water partition coefficient (Wildman–Crippen LogP) is 2.10. The van der Waals surface area contributed by atoms with Crippen LogP contribution in [0.15, 0.2) is 21.6 Å². The van der Waals surface area contributed by atoms with Crippen molar-refractivity contribution in [2.45, 2.75) is 51.8 Å². The molecule has 0 amide bonds. The van der Waals surface area contributed by atoms with E-state index < -0.39 is 10.0 Å². The van der Waals surface area contributed by atoms with Crippen LogP contribution in [0.2, 0.25) is 0 Å². The Kier molecular flexibility index (Phi) is 4.27. The lowest BCUT2D eigenvalue weighted by Crippen LogP contribution is -2.28. The van der Waals surface area contributed by atoms with E-state index in [2.05, 4.69) is 23.9 Å². The third-order valence-electron chi connectivity index (χ3n) is 3.56. The van der Waals surface area contributed by atoms with Gasteiger partial charge in [0.05, 0.1) is 6.54 Å². The van der Waals surface area contributed by atoms with Crippen molar-refractivity contribution >= 4 is 10.0 Å². The quantitative estimate of drug-likeness (QED) is 0.809. The molecular formula is C14H24N2O3S. The van der Waals surface area contributed by atoms with Gasteiger partial charge in [-0.05, 0) is 36.4 Å². The standard InChI is InChI=1S/C14H24N2O3S/c1-10(2)8-15-9-11-5-6-13(19-11)20(17,18)16-12-7-14(12,3)4/h5-6,10,12,15-16H,7-9H2,1-4H3. The van der Waals surface area contributed by atoms with Gasteiger partial charge in [0.15, 0.2) is 0 Å². The molecule has 1 heterocycles. The molecule has 1 fully saturated rings. The summed E-state index contributed by atoms with van der Waals surface area (Å²) >= 11 is 0. The van der Waals surface area contributed by atoms with Crippen LogP contribution in [0.3, 0.4) is 0 Å². The highest BCUT2D eigenvalue weighted by atomic mass is 32.2. The van der Waals surface area contributed by atoms with E-state index in [4.69, 9.17) is 4.42 Å². The topological polar surface area (TPSA) is 71.3 Å². The molecule has 0 aliphatic heterocycles. The van der Waals surface area contributed by atoms with Crippen LogP contribution >= 0.6 is 0 Å². The normalized spacial score (nSPS) is 21.4. The first-order valence-electron chi connectivity index (χ1n) is 7.02. The Morgan fingerprint density at radius 2 is 2.05 bits per heavy atom. The molecule has 0 spiro atoms. The lowest BCUT2D eigenvalue weighted by molar-refractivity contribution is 0.393. The maximum absolute atomic E-state index is 12.1. The second-order valence-corrected chi connectivity index (χ2v) is 8.26. The van der Waals surface area contributed by atoms with Gasteiger partial charge in [-0.15, -0.1) is 0 Å². The van der Waals surface area contributed by atoms with Crippen molar-refractivity contribution in [3.63, 3.8) is 0 Å². The average molecular weight is 300 g/mol. The molecule has 1 atom stereocenters. The summed E-state index contributed by atoms with van der Waals surface area (Å²) in [7, 11) is -3.53. The maximum atomic E-state index is 12.1. The molecule has 1 saturated carbocycles. The minimum Gasteiger partial charge on any atom is -0.447 e. The fraction of sp³-hybridized carbons (Fsp3) is 0.714. The lowest BCUT2D eigenvalue weighted by atomic mass is 10.2. The zero-order chi connectivity index (χ0) is 15.0. The van der Waals surface area contributed by atoms with Crippen LogP contribution in [0, 0.1) is 11.3 Å². The van der Waals surface area contributed by atoms with Crippen molar-refractivity contribution in [3.8, 4) is 0 Å².